The highest BCUT2D eigenvalue weighted by Crippen LogP contribution is 2.26. The number of rotatable bonds is 4. The van der Waals surface area contributed by atoms with Crippen molar-refractivity contribution in [3.63, 3.8) is 0 Å². The lowest BCUT2D eigenvalue weighted by Crippen LogP contribution is -2.28. The second kappa shape index (κ2) is 6.10. The number of carbonyl (C=O) groups is 1. The Morgan fingerprint density at radius 3 is 2.95 bits per heavy atom. The molecule has 0 radical (unpaired) electrons. The average molecular weight is 301 g/mol. The van der Waals surface area contributed by atoms with Crippen molar-refractivity contribution in [3.8, 4) is 0 Å². The molecule has 2 N–H and O–H groups in total. The molecule has 7 heteroatoms. The molecule has 19 heavy (non-hydrogen) atoms. The molecule has 2 rings (SSSR count). The molecule has 0 aliphatic carbocycles. The van der Waals surface area contributed by atoms with Crippen LogP contribution in [0.4, 0.5) is 4.39 Å². The quantitative estimate of drug-likeness (QED) is 0.852. The molecule has 1 amide bonds. The maximum absolute atomic E-state index is 12.8. The molecule has 100 valence electrons. The van der Waals surface area contributed by atoms with Crippen LogP contribution in [-0.2, 0) is 0 Å². The van der Waals surface area contributed by atoms with Crippen molar-refractivity contribution in [2.24, 2.45) is 0 Å². The van der Waals surface area contributed by atoms with E-state index in [0.717, 1.165) is 6.07 Å². The second-order valence-corrected chi connectivity index (χ2v) is 5.48. The summed E-state index contributed by atoms with van der Waals surface area (Å²) in [5.74, 6) is -1.19. The number of pyridine rings is 1. The molecule has 0 bridgehead atoms. The summed E-state index contributed by atoms with van der Waals surface area (Å²) in [6.45, 7) is 0.0274. The van der Waals surface area contributed by atoms with Crippen LogP contribution in [0, 0.1) is 5.95 Å². The van der Waals surface area contributed by atoms with Crippen LogP contribution in [0.3, 0.4) is 0 Å². The summed E-state index contributed by atoms with van der Waals surface area (Å²) in [5.41, 5.74) is 0.156. The number of thiophene rings is 1. The zero-order valence-corrected chi connectivity index (χ0v) is 11.2. The number of halogens is 2. The summed E-state index contributed by atoms with van der Waals surface area (Å²) in [6.07, 6.45) is 0.368. The molecule has 2 aromatic rings. The highest BCUT2D eigenvalue weighted by atomic mass is 35.5. The Labute approximate surface area is 117 Å². The number of nitrogens with zero attached hydrogens (tertiary/aromatic N) is 1. The van der Waals surface area contributed by atoms with Crippen molar-refractivity contribution in [3.05, 3.63) is 51.2 Å². The van der Waals surface area contributed by atoms with Gasteiger partial charge in [-0.2, -0.15) is 4.39 Å². The highest BCUT2D eigenvalue weighted by Gasteiger charge is 2.13. The van der Waals surface area contributed by atoms with E-state index in [1.165, 1.54) is 23.6 Å². The highest BCUT2D eigenvalue weighted by molar-refractivity contribution is 7.16. The number of hydrogen-bond acceptors (Lipinski definition) is 4. The first-order valence-corrected chi connectivity index (χ1v) is 6.59. The predicted octanol–water partition coefficient (Wildman–Crippen LogP) is 2.40. The summed E-state index contributed by atoms with van der Waals surface area (Å²) in [6, 6.07) is 5.79. The Kier molecular flexibility index (Phi) is 4.47. The van der Waals surface area contributed by atoms with Crippen LogP contribution in [0.1, 0.15) is 21.3 Å². The van der Waals surface area contributed by atoms with E-state index >= 15 is 0 Å². The van der Waals surface area contributed by atoms with Crippen molar-refractivity contribution in [2.45, 2.75) is 6.10 Å². The monoisotopic (exact) mass is 300 g/mol. The lowest BCUT2D eigenvalue weighted by molar-refractivity contribution is 0.0917. The van der Waals surface area contributed by atoms with Crippen LogP contribution in [0.15, 0.2) is 30.5 Å². The molecule has 0 fully saturated rings. The van der Waals surface area contributed by atoms with Crippen molar-refractivity contribution in [2.75, 3.05) is 6.54 Å². The van der Waals surface area contributed by atoms with E-state index in [1.807, 2.05) is 0 Å². The third-order valence-corrected chi connectivity index (χ3v) is 3.70. The van der Waals surface area contributed by atoms with Gasteiger partial charge in [0, 0.05) is 29.2 Å². The number of aliphatic hydroxyl groups excluding tert-OH is 1. The van der Waals surface area contributed by atoms with E-state index in [0.29, 0.717) is 9.21 Å². The first kappa shape index (κ1) is 13.9. The van der Waals surface area contributed by atoms with Gasteiger partial charge in [-0.1, -0.05) is 11.6 Å². The van der Waals surface area contributed by atoms with Gasteiger partial charge in [-0.15, -0.1) is 11.3 Å². The molecule has 0 aliphatic heterocycles. The van der Waals surface area contributed by atoms with Gasteiger partial charge in [0.05, 0.1) is 4.34 Å². The fourth-order valence-electron chi connectivity index (χ4n) is 1.44. The number of carbonyl (C=O) groups excluding carboxylic acids is 1. The molecule has 0 aromatic carbocycles. The zero-order chi connectivity index (χ0) is 13.8. The van der Waals surface area contributed by atoms with Crippen LogP contribution in [0.5, 0.6) is 0 Å². The normalized spacial score (nSPS) is 12.2. The Hall–Kier alpha value is -1.50. The third kappa shape index (κ3) is 3.73. The molecule has 2 heterocycles. The summed E-state index contributed by atoms with van der Waals surface area (Å²) in [7, 11) is 0. The van der Waals surface area contributed by atoms with Crippen molar-refractivity contribution >= 4 is 28.8 Å². The summed E-state index contributed by atoms with van der Waals surface area (Å²) in [5, 5.41) is 12.3. The van der Waals surface area contributed by atoms with E-state index in [1.54, 1.807) is 12.1 Å². The number of hydrogen-bond donors (Lipinski definition) is 2. The van der Waals surface area contributed by atoms with Crippen LogP contribution < -0.4 is 5.32 Å². The van der Waals surface area contributed by atoms with E-state index in [9.17, 15) is 14.3 Å². The first-order chi connectivity index (χ1) is 9.06. The minimum Gasteiger partial charge on any atom is -0.386 e. The second-order valence-electron chi connectivity index (χ2n) is 3.73. The van der Waals surface area contributed by atoms with Gasteiger partial charge in [-0.05, 0) is 18.2 Å². The Balaban J connectivity index is 1.93. The van der Waals surface area contributed by atoms with E-state index < -0.39 is 18.0 Å². The molecule has 1 atom stereocenters. The van der Waals surface area contributed by atoms with E-state index in [2.05, 4.69) is 10.3 Å². The third-order valence-electron chi connectivity index (χ3n) is 2.37. The van der Waals surface area contributed by atoms with Gasteiger partial charge in [-0.3, -0.25) is 4.79 Å². The van der Waals surface area contributed by atoms with Gasteiger partial charge in [0.25, 0.3) is 5.91 Å². The lowest BCUT2D eigenvalue weighted by atomic mass is 10.2. The largest absolute Gasteiger partial charge is 0.386 e. The maximum atomic E-state index is 12.8. The minimum absolute atomic E-state index is 0.0274. The van der Waals surface area contributed by atoms with Crippen molar-refractivity contribution in [1.82, 2.24) is 10.3 Å². The molecule has 0 spiro atoms. The van der Waals surface area contributed by atoms with Crippen LogP contribution >= 0.6 is 22.9 Å². The van der Waals surface area contributed by atoms with Gasteiger partial charge >= 0.3 is 0 Å². The molecule has 0 unspecified atom stereocenters. The number of amides is 1. The fourth-order valence-corrected chi connectivity index (χ4v) is 2.49. The first-order valence-electron chi connectivity index (χ1n) is 5.39. The van der Waals surface area contributed by atoms with Gasteiger partial charge < -0.3 is 10.4 Å². The lowest BCUT2D eigenvalue weighted by Gasteiger charge is -2.10. The number of aliphatic hydroxyl groups is 1. The minimum atomic E-state index is -0.840. The van der Waals surface area contributed by atoms with Gasteiger partial charge in [0.15, 0.2) is 0 Å². The van der Waals surface area contributed by atoms with Gasteiger partial charge in [0.1, 0.15) is 6.10 Å². The molecular formula is C12H10ClFN2O2S. The molecule has 4 nitrogen and oxygen atoms in total. The molecule has 0 saturated carbocycles. The van der Waals surface area contributed by atoms with Crippen LogP contribution in [0.2, 0.25) is 4.34 Å². The zero-order valence-electron chi connectivity index (χ0n) is 9.64. The van der Waals surface area contributed by atoms with Gasteiger partial charge in [0.2, 0.25) is 5.95 Å². The SMILES string of the molecule is O=C(NC[C@H](O)c1ccc(Cl)s1)c1ccnc(F)c1. The molecule has 0 aliphatic rings. The summed E-state index contributed by atoms with van der Waals surface area (Å²) in [4.78, 5) is 15.7. The smallest absolute Gasteiger partial charge is 0.251 e. The standard InChI is InChI=1S/C12H10ClFN2O2S/c13-10-2-1-9(19-10)8(17)6-16-12(18)7-3-4-15-11(14)5-7/h1-5,8,17H,6H2,(H,16,18)/t8-/m0/s1. The van der Waals surface area contributed by atoms with Crippen molar-refractivity contribution < 1.29 is 14.3 Å². The van der Waals surface area contributed by atoms with E-state index in [4.69, 9.17) is 11.6 Å². The maximum Gasteiger partial charge on any atom is 0.251 e. The molecule has 0 saturated heterocycles. The predicted molar refractivity (Wildman–Crippen MR) is 70.8 cm³/mol. The van der Waals surface area contributed by atoms with Crippen LogP contribution in [-0.4, -0.2) is 22.5 Å². The molecular weight excluding hydrogens is 291 g/mol. The fraction of sp³-hybridized carbons (Fsp3) is 0.167. The Bertz CT molecular complexity index is 591. The number of nitrogens with one attached hydrogen (secondary N) is 1. The summed E-state index contributed by atoms with van der Waals surface area (Å²) >= 11 is 6.99. The van der Waals surface area contributed by atoms with E-state index in [-0.39, 0.29) is 12.1 Å². The topological polar surface area (TPSA) is 62.2 Å². The van der Waals surface area contributed by atoms with Crippen molar-refractivity contribution in [1.29, 1.82) is 0 Å². The summed E-state index contributed by atoms with van der Waals surface area (Å²) < 4.78 is 13.4. The Morgan fingerprint density at radius 1 is 1.53 bits per heavy atom. The Morgan fingerprint density at radius 2 is 2.32 bits per heavy atom. The van der Waals surface area contributed by atoms with Gasteiger partial charge in [-0.25, -0.2) is 4.98 Å². The number of aromatic nitrogens is 1. The average Bonchev–Trinajstić information content (AvgIpc) is 2.82. The molecule has 2 aromatic heterocycles. The van der Waals surface area contributed by atoms with Crippen LogP contribution in [0.25, 0.3) is 0 Å².